The van der Waals surface area contributed by atoms with Crippen LogP contribution >= 0.6 is 0 Å². The maximum atomic E-state index is 14.2. The third-order valence-corrected chi connectivity index (χ3v) is 9.96. The van der Waals surface area contributed by atoms with E-state index in [4.69, 9.17) is 4.74 Å². The largest absolute Gasteiger partial charge is 0.497 e. The normalized spacial score (nSPS) is 19.1. The topological polar surface area (TPSA) is 125 Å². The molecule has 3 heterocycles. The van der Waals surface area contributed by atoms with Gasteiger partial charge in [0, 0.05) is 29.8 Å². The minimum atomic E-state index is -1.91. The van der Waals surface area contributed by atoms with Crippen molar-refractivity contribution in [1.82, 2.24) is 14.7 Å². The third kappa shape index (κ3) is 5.76. The van der Waals surface area contributed by atoms with Crippen LogP contribution in [0.2, 0.25) is 0 Å². The molecule has 1 aromatic heterocycles. The summed E-state index contributed by atoms with van der Waals surface area (Å²) in [5.41, 5.74) is 2.41. The maximum absolute atomic E-state index is 14.2. The highest BCUT2D eigenvalue weighted by molar-refractivity contribution is 6.07. The number of ether oxygens (including phenoxy) is 1. The van der Waals surface area contributed by atoms with Gasteiger partial charge in [-0.2, -0.15) is 9.78 Å². The molecule has 0 saturated heterocycles. The smallest absolute Gasteiger partial charge is 0.279 e. The molecule has 2 N–H and O–H groups in total. The Kier molecular flexibility index (Phi) is 8.81. The van der Waals surface area contributed by atoms with Crippen molar-refractivity contribution in [2.75, 3.05) is 18.6 Å². The van der Waals surface area contributed by atoms with Crippen molar-refractivity contribution in [3.8, 4) is 11.4 Å². The number of carbonyl (C=O) groups excluding carboxylic acids is 2. The molecule has 10 heteroatoms. The van der Waals surface area contributed by atoms with Crippen LogP contribution in [0.5, 0.6) is 5.75 Å². The van der Waals surface area contributed by atoms with E-state index < -0.39 is 17.4 Å². The van der Waals surface area contributed by atoms with Gasteiger partial charge in [-0.25, -0.2) is 0 Å². The van der Waals surface area contributed by atoms with Crippen molar-refractivity contribution < 1.29 is 24.5 Å². The molecule has 2 amide bonds. The Labute approximate surface area is 289 Å². The zero-order valence-electron chi connectivity index (χ0n) is 27.9. The highest BCUT2D eigenvalue weighted by atomic mass is 16.5. The van der Waals surface area contributed by atoms with Gasteiger partial charge in [0.05, 0.1) is 49.3 Å². The zero-order valence-corrected chi connectivity index (χ0v) is 27.9. The third-order valence-electron chi connectivity index (χ3n) is 9.96. The second kappa shape index (κ2) is 13.4. The molecule has 0 saturated carbocycles. The number of rotatable bonds is 9. The number of hydrogen-bond acceptors (Lipinski definition) is 7. The zero-order chi connectivity index (χ0) is 35.0. The number of fused-ring (bicyclic) bond motifs is 3. The average Bonchev–Trinajstić information content (AvgIpc) is 3.36. The second-order valence-electron chi connectivity index (χ2n) is 12.9. The Morgan fingerprint density at radius 2 is 1.76 bits per heavy atom. The summed E-state index contributed by atoms with van der Waals surface area (Å²) in [6.07, 6.45) is 5.70. The lowest BCUT2D eigenvalue weighted by molar-refractivity contribution is -0.139. The number of benzene rings is 4. The molecular weight excluding hydrogens is 632 g/mol. The number of amides is 2. The molecular formula is C40H38N4O6. The lowest BCUT2D eigenvalue weighted by Gasteiger charge is -2.36. The van der Waals surface area contributed by atoms with Gasteiger partial charge in [-0.05, 0) is 59.5 Å². The number of aliphatic hydroxyl groups is 2. The van der Waals surface area contributed by atoms with Crippen LogP contribution in [0.3, 0.4) is 0 Å². The lowest BCUT2D eigenvalue weighted by atomic mass is 9.82. The molecule has 0 radical (unpaired) electrons. The number of nitrogens with zero attached hydrogens (tertiary/aromatic N) is 4. The first-order chi connectivity index (χ1) is 24.2. The predicted molar refractivity (Wildman–Crippen MR) is 190 cm³/mol. The molecule has 3 atom stereocenters. The van der Waals surface area contributed by atoms with E-state index in [0.717, 1.165) is 22.1 Å². The summed E-state index contributed by atoms with van der Waals surface area (Å²) in [5, 5.41) is 27.9. The number of methoxy groups -OCH3 is 1. The van der Waals surface area contributed by atoms with Crippen LogP contribution in [0.1, 0.15) is 35.6 Å². The first kappa shape index (κ1) is 32.9. The first-order valence-corrected chi connectivity index (χ1v) is 16.7. The van der Waals surface area contributed by atoms with Gasteiger partial charge in [-0.1, -0.05) is 73.7 Å². The summed E-state index contributed by atoms with van der Waals surface area (Å²) in [4.78, 5) is 43.9. The lowest BCUT2D eigenvalue weighted by Crippen LogP contribution is -2.46. The molecule has 0 unspecified atom stereocenters. The summed E-state index contributed by atoms with van der Waals surface area (Å²) < 4.78 is 6.80. The Bertz CT molecular complexity index is 2180. The minimum absolute atomic E-state index is 0.0590. The summed E-state index contributed by atoms with van der Waals surface area (Å²) >= 11 is 0. The summed E-state index contributed by atoms with van der Waals surface area (Å²) in [7, 11) is 1.53. The predicted octanol–water partition coefficient (Wildman–Crippen LogP) is 4.66. The van der Waals surface area contributed by atoms with E-state index in [2.05, 4.69) is 5.10 Å². The van der Waals surface area contributed by atoms with Crippen LogP contribution in [-0.4, -0.2) is 56.5 Å². The van der Waals surface area contributed by atoms with E-state index in [0.29, 0.717) is 41.0 Å². The van der Waals surface area contributed by atoms with Crippen molar-refractivity contribution in [1.29, 1.82) is 0 Å². The van der Waals surface area contributed by atoms with Crippen LogP contribution in [0, 0.1) is 5.92 Å². The van der Waals surface area contributed by atoms with Gasteiger partial charge in [0.1, 0.15) is 5.75 Å². The SMILES string of the molecule is COc1ccc2c(c1)[C@@](O)([C@H](C)/C=C/CC(=O)N1Cc3ccccc3C[C@H]1CO)C(=O)N2Cc1ccc(-n2ncc3ccccc3c2=O)cc1. The fourth-order valence-electron chi connectivity index (χ4n) is 7.08. The van der Waals surface area contributed by atoms with Gasteiger partial charge in [-0.3, -0.25) is 14.4 Å². The highest BCUT2D eigenvalue weighted by Crippen LogP contribution is 2.47. The molecule has 0 spiro atoms. The van der Waals surface area contributed by atoms with E-state index in [1.807, 2.05) is 54.6 Å². The van der Waals surface area contributed by atoms with Gasteiger partial charge in [0.25, 0.3) is 11.5 Å². The van der Waals surface area contributed by atoms with Crippen LogP contribution in [-0.2, 0) is 34.7 Å². The van der Waals surface area contributed by atoms with Crippen molar-refractivity contribution >= 4 is 28.3 Å². The van der Waals surface area contributed by atoms with Crippen molar-refractivity contribution in [2.45, 2.75) is 44.5 Å². The van der Waals surface area contributed by atoms with Gasteiger partial charge < -0.3 is 24.7 Å². The summed E-state index contributed by atoms with van der Waals surface area (Å²) in [6, 6.07) is 27.3. The fourth-order valence-corrected chi connectivity index (χ4v) is 7.08. The number of aliphatic hydroxyl groups excluding tert-OH is 1. The number of carbonyl (C=O) groups is 2. The number of hydrogen-bond donors (Lipinski definition) is 2. The quantitative estimate of drug-likeness (QED) is 0.219. The Morgan fingerprint density at radius 3 is 2.52 bits per heavy atom. The van der Waals surface area contributed by atoms with Crippen molar-refractivity contribution in [3.63, 3.8) is 0 Å². The van der Waals surface area contributed by atoms with Crippen molar-refractivity contribution in [3.05, 3.63) is 142 Å². The van der Waals surface area contributed by atoms with Gasteiger partial charge in [0.2, 0.25) is 5.91 Å². The standard InChI is InChI=1S/C40H38N4O6/c1-26(8-7-13-37(46)42-24-30-11-4-3-9-28(30)20-32(42)25-45)40(49)35-21-33(50-2)18-19-36(35)43(39(40)48)23-27-14-16-31(17-15-27)44-38(47)34-12-6-5-10-29(34)22-41-44/h3-12,14-19,21-22,26,32,45,49H,13,20,23-25H2,1-2H3/b8-7+/t26-,32+,40+/m1/s1. The van der Waals surface area contributed by atoms with Gasteiger partial charge in [0.15, 0.2) is 5.60 Å². The van der Waals surface area contributed by atoms with Crippen LogP contribution < -0.4 is 15.2 Å². The second-order valence-corrected chi connectivity index (χ2v) is 12.9. The average molecular weight is 671 g/mol. The van der Waals surface area contributed by atoms with E-state index in [-0.39, 0.29) is 37.1 Å². The molecule has 0 aliphatic carbocycles. The molecule has 5 aromatic rings. The minimum Gasteiger partial charge on any atom is -0.497 e. The fraction of sp³-hybridized carbons (Fsp3) is 0.250. The van der Waals surface area contributed by atoms with E-state index in [9.17, 15) is 24.6 Å². The Hall–Kier alpha value is -5.58. The number of anilines is 1. The number of aromatic nitrogens is 2. The molecule has 4 aromatic carbocycles. The molecule has 0 fully saturated rings. The molecule has 2 aliphatic rings. The molecule has 50 heavy (non-hydrogen) atoms. The molecule has 254 valence electrons. The van der Waals surface area contributed by atoms with Crippen LogP contribution in [0.25, 0.3) is 16.5 Å². The first-order valence-electron chi connectivity index (χ1n) is 16.7. The molecule has 7 rings (SSSR count). The van der Waals surface area contributed by atoms with Gasteiger partial charge >= 0.3 is 0 Å². The molecule has 0 bridgehead atoms. The Morgan fingerprint density at radius 1 is 1.02 bits per heavy atom. The maximum Gasteiger partial charge on any atom is 0.279 e. The molecule has 2 aliphatic heterocycles. The monoisotopic (exact) mass is 670 g/mol. The summed E-state index contributed by atoms with van der Waals surface area (Å²) in [5.74, 6) is -0.822. The van der Waals surface area contributed by atoms with Crippen molar-refractivity contribution in [2.24, 2.45) is 5.92 Å². The van der Waals surface area contributed by atoms with E-state index >= 15 is 0 Å². The van der Waals surface area contributed by atoms with E-state index in [1.165, 1.54) is 11.8 Å². The van der Waals surface area contributed by atoms with Gasteiger partial charge in [-0.15, -0.1) is 0 Å². The summed E-state index contributed by atoms with van der Waals surface area (Å²) in [6.45, 7) is 2.21. The Balaban J connectivity index is 1.10. The van der Waals surface area contributed by atoms with Crippen LogP contribution in [0.4, 0.5) is 5.69 Å². The molecule has 10 nitrogen and oxygen atoms in total. The van der Waals surface area contributed by atoms with Crippen LogP contribution in [0.15, 0.2) is 114 Å². The highest BCUT2D eigenvalue weighted by Gasteiger charge is 2.52. The van der Waals surface area contributed by atoms with E-state index in [1.54, 1.807) is 71.5 Å².